The minimum absolute atomic E-state index is 0.0655. The summed E-state index contributed by atoms with van der Waals surface area (Å²) in [6.07, 6.45) is 0.293. The first-order valence-electron chi connectivity index (χ1n) is 8.74. The van der Waals surface area contributed by atoms with E-state index in [0.717, 1.165) is 16.8 Å². The third-order valence-electron chi connectivity index (χ3n) is 4.19. The van der Waals surface area contributed by atoms with Gasteiger partial charge in [0.05, 0.1) is 12.7 Å². The van der Waals surface area contributed by atoms with E-state index in [1.807, 2.05) is 31.2 Å². The Hall–Kier alpha value is -2.82. The number of amides is 1. The third-order valence-corrected chi connectivity index (χ3v) is 4.19. The van der Waals surface area contributed by atoms with Crippen LogP contribution in [-0.2, 0) is 9.53 Å². The number of para-hydroxylation sites is 2. The van der Waals surface area contributed by atoms with Gasteiger partial charge in [-0.25, -0.2) is 4.79 Å². The van der Waals surface area contributed by atoms with Crippen molar-refractivity contribution in [3.63, 3.8) is 0 Å². The van der Waals surface area contributed by atoms with Gasteiger partial charge < -0.3 is 15.4 Å². The summed E-state index contributed by atoms with van der Waals surface area (Å²) >= 11 is 0. The van der Waals surface area contributed by atoms with Crippen molar-refractivity contribution in [2.45, 2.75) is 33.1 Å². The molecule has 0 saturated carbocycles. The van der Waals surface area contributed by atoms with Crippen molar-refractivity contribution < 1.29 is 14.3 Å². The molecular formula is C21H26N2O3. The van der Waals surface area contributed by atoms with Gasteiger partial charge in [-0.2, -0.15) is 0 Å². The van der Waals surface area contributed by atoms with E-state index in [1.54, 1.807) is 18.2 Å². The fourth-order valence-corrected chi connectivity index (χ4v) is 2.78. The summed E-state index contributed by atoms with van der Waals surface area (Å²) in [5, 5.41) is 6.16. The fourth-order valence-electron chi connectivity index (χ4n) is 2.78. The Labute approximate surface area is 154 Å². The van der Waals surface area contributed by atoms with Crippen LogP contribution in [0.5, 0.6) is 0 Å². The zero-order valence-electron chi connectivity index (χ0n) is 15.8. The number of hydrogen-bond acceptors (Lipinski definition) is 4. The van der Waals surface area contributed by atoms with E-state index in [4.69, 9.17) is 4.74 Å². The molecule has 0 radical (unpaired) electrons. The van der Waals surface area contributed by atoms with Gasteiger partial charge in [0.2, 0.25) is 5.91 Å². The van der Waals surface area contributed by atoms with Crippen LogP contribution < -0.4 is 10.6 Å². The van der Waals surface area contributed by atoms with Crippen LogP contribution in [0, 0.1) is 6.92 Å². The highest BCUT2D eigenvalue weighted by Crippen LogP contribution is 2.27. The summed E-state index contributed by atoms with van der Waals surface area (Å²) in [7, 11) is 1.35. The standard InChI is InChI=1S/C21H26N2O3/c1-14(2)16-10-7-8-15(3)20(16)23-19(24)12-13-22-18-11-6-5-9-17(18)21(25)26-4/h5-11,14,22H,12-13H2,1-4H3,(H,23,24). The lowest BCUT2D eigenvalue weighted by atomic mass is 9.98. The molecule has 0 unspecified atom stereocenters. The van der Waals surface area contributed by atoms with E-state index >= 15 is 0 Å². The molecule has 0 saturated heterocycles. The molecule has 0 aliphatic rings. The molecule has 0 fully saturated rings. The van der Waals surface area contributed by atoms with Crippen molar-refractivity contribution >= 4 is 23.3 Å². The molecule has 0 aromatic heterocycles. The molecule has 0 spiro atoms. The number of methoxy groups -OCH3 is 1. The van der Waals surface area contributed by atoms with E-state index < -0.39 is 5.97 Å². The second-order valence-corrected chi connectivity index (χ2v) is 6.46. The van der Waals surface area contributed by atoms with Crippen LogP contribution in [-0.4, -0.2) is 25.5 Å². The van der Waals surface area contributed by atoms with E-state index in [1.165, 1.54) is 7.11 Å². The number of benzene rings is 2. The first kappa shape index (κ1) is 19.5. The topological polar surface area (TPSA) is 67.4 Å². The molecule has 5 nitrogen and oxygen atoms in total. The van der Waals surface area contributed by atoms with Gasteiger partial charge in [0.15, 0.2) is 0 Å². The Bertz CT molecular complexity index is 785. The molecule has 0 heterocycles. The summed E-state index contributed by atoms with van der Waals surface area (Å²) in [6, 6.07) is 13.1. The van der Waals surface area contributed by atoms with Gasteiger partial charge in [0.25, 0.3) is 0 Å². The molecule has 2 aromatic rings. The molecular weight excluding hydrogens is 328 g/mol. The Morgan fingerprint density at radius 1 is 1.08 bits per heavy atom. The SMILES string of the molecule is COC(=O)c1ccccc1NCCC(=O)Nc1c(C)cccc1C(C)C. The number of carbonyl (C=O) groups is 2. The van der Waals surface area contributed by atoms with Crippen LogP contribution in [0.15, 0.2) is 42.5 Å². The zero-order chi connectivity index (χ0) is 19.1. The normalized spacial score (nSPS) is 10.5. The lowest BCUT2D eigenvalue weighted by Crippen LogP contribution is -2.19. The summed E-state index contributed by atoms with van der Waals surface area (Å²) in [5.41, 5.74) is 4.18. The van der Waals surface area contributed by atoms with E-state index in [0.29, 0.717) is 30.1 Å². The Morgan fingerprint density at radius 3 is 2.50 bits per heavy atom. The zero-order valence-corrected chi connectivity index (χ0v) is 15.8. The summed E-state index contributed by atoms with van der Waals surface area (Å²) < 4.78 is 4.77. The number of hydrogen-bond donors (Lipinski definition) is 2. The molecule has 0 atom stereocenters. The van der Waals surface area contributed by atoms with Crippen molar-refractivity contribution in [1.82, 2.24) is 0 Å². The maximum atomic E-state index is 12.4. The maximum Gasteiger partial charge on any atom is 0.339 e. The third kappa shape index (κ3) is 4.85. The molecule has 0 aliphatic carbocycles. The van der Waals surface area contributed by atoms with Gasteiger partial charge in [-0.05, 0) is 36.1 Å². The lowest BCUT2D eigenvalue weighted by Gasteiger charge is -2.17. The number of nitrogens with one attached hydrogen (secondary N) is 2. The number of esters is 1. The van der Waals surface area contributed by atoms with Gasteiger partial charge in [-0.3, -0.25) is 4.79 Å². The van der Waals surface area contributed by atoms with Gasteiger partial charge in [0.1, 0.15) is 0 Å². The first-order valence-corrected chi connectivity index (χ1v) is 8.74. The van der Waals surface area contributed by atoms with E-state index in [-0.39, 0.29) is 5.91 Å². The highest BCUT2D eigenvalue weighted by Gasteiger charge is 2.13. The quantitative estimate of drug-likeness (QED) is 0.726. The highest BCUT2D eigenvalue weighted by atomic mass is 16.5. The van der Waals surface area contributed by atoms with Crippen LogP contribution in [0.3, 0.4) is 0 Å². The van der Waals surface area contributed by atoms with Crippen LogP contribution >= 0.6 is 0 Å². The summed E-state index contributed by atoms with van der Waals surface area (Å²) in [4.78, 5) is 24.1. The molecule has 2 rings (SSSR count). The molecule has 0 bridgehead atoms. The Kier molecular flexibility index (Phi) is 6.78. The Balaban J connectivity index is 1.98. The van der Waals surface area contributed by atoms with Crippen LogP contribution in [0.25, 0.3) is 0 Å². The largest absolute Gasteiger partial charge is 0.465 e. The van der Waals surface area contributed by atoms with Crippen LogP contribution in [0.2, 0.25) is 0 Å². The number of ether oxygens (including phenoxy) is 1. The minimum Gasteiger partial charge on any atom is -0.465 e. The van der Waals surface area contributed by atoms with Crippen molar-refractivity contribution in [1.29, 1.82) is 0 Å². The van der Waals surface area contributed by atoms with Crippen molar-refractivity contribution in [3.05, 3.63) is 59.2 Å². The van der Waals surface area contributed by atoms with E-state index in [2.05, 4.69) is 24.5 Å². The van der Waals surface area contributed by atoms with Gasteiger partial charge in [-0.1, -0.05) is 44.2 Å². The summed E-state index contributed by atoms with van der Waals surface area (Å²) in [6.45, 7) is 6.63. The molecule has 1 amide bonds. The average molecular weight is 354 g/mol. The first-order chi connectivity index (χ1) is 12.4. The highest BCUT2D eigenvalue weighted by molar-refractivity contribution is 5.96. The minimum atomic E-state index is -0.404. The summed E-state index contributed by atoms with van der Waals surface area (Å²) in [5.74, 6) is -0.140. The molecule has 2 N–H and O–H groups in total. The van der Waals surface area contributed by atoms with Gasteiger partial charge >= 0.3 is 5.97 Å². The van der Waals surface area contributed by atoms with Crippen LogP contribution in [0.4, 0.5) is 11.4 Å². The number of rotatable bonds is 7. The van der Waals surface area contributed by atoms with Gasteiger partial charge in [0, 0.05) is 24.3 Å². The predicted octanol–water partition coefficient (Wildman–Crippen LogP) is 4.35. The van der Waals surface area contributed by atoms with Crippen molar-refractivity contribution in [2.24, 2.45) is 0 Å². The molecule has 138 valence electrons. The second kappa shape index (κ2) is 9.04. The predicted molar refractivity (Wildman–Crippen MR) is 105 cm³/mol. The molecule has 2 aromatic carbocycles. The maximum absolute atomic E-state index is 12.4. The van der Waals surface area contributed by atoms with Gasteiger partial charge in [-0.15, -0.1) is 0 Å². The second-order valence-electron chi connectivity index (χ2n) is 6.46. The van der Waals surface area contributed by atoms with E-state index in [9.17, 15) is 9.59 Å². The molecule has 0 aliphatic heterocycles. The number of aryl methyl sites for hydroxylation is 1. The lowest BCUT2D eigenvalue weighted by molar-refractivity contribution is -0.116. The number of carbonyl (C=O) groups excluding carboxylic acids is 2. The monoisotopic (exact) mass is 354 g/mol. The van der Waals surface area contributed by atoms with Crippen molar-refractivity contribution in [3.8, 4) is 0 Å². The van der Waals surface area contributed by atoms with Crippen LogP contribution in [0.1, 0.15) is 47.7 Å². The smallest absolute Gasteiger partial charge is 0.339 e. The molecule has 5 heteroatoms. The fraction of sp³-hybridized carbons (Fsp3) is 0.333. The molecule has 26 heavy (non-hydrogen) atoms. The Morgan fingerprint density at radius 2 is 1.81 bits per heavy atom. The van der Waals surface area contributed by atoms with Crippen molar-refractivity contribution in [2.75, 3.05) is 24.3 Å². The number of anilines is 2. The average Bonchev–Trinajstić information content (AvgIpc) is 2.63.